The van der Waals surface area contributed by atoms with Crippen molar-refractivity contribution in [2.45, 2.75) is 31.9 Å². The van der Waals surface area contributed by atoms with E-state index in [4.69, 9.17) is 4.74 Å². The number of ether oxygens (including phenoxy) is 1. The molecule has 0 fully saturated rings. The van der Waals surface area contributed by atoms with E-state index in [0.29, 0.717) is 0 Å². The van der Waals surface area contributed by atoms with Gasteiger partial charge in [0, 0.05) is 24.5 Å². The maximum Gasteiger partial charge on any atom is 0.123 e. The number of para-hydroxylation sites is 1. The second-order valence-electron chi connectivity index (χ2n) is 5.39. The van der Waals surface area contributed by atoms with Crippen molar-refractivity contribution in [3.63, 3.8) is 0 Å². The van der Waals surface area contributed by atoms with Crippen LogP contribution in [0.5, 0.6) is 5.75 Å². The Bertz CT molecular complexity index is 526. The minimum absolute atomic E-state index is 0.105. The van der Waals surface area contributed by atoms with Crippen LogP contribution in [0.4, 0.5) is 0 Å². The van der Waals surface area contributed by atoms with Crippen molar-refractivity contribution >= 4 is 11.3 Å². The number of aromatic nitrogens is 1. The largest absolute Gasteiger partial charge is 0.488 e. The Hall–Kier alpha value is -1.39. The summed E-state index contributed by atoms with van der Waals surface area (Å²) >= 11 is 1.69. The van der Waals surface area contributed by atoms with Crippen molar-refractivity contribution in [3.8, 4) is 5.75 Å². The van der Waals surface area contributed by atoms with Crippen molar-refractivity contribution in [1.82, 2.24) is 10.3 Å². The van der Waals surface area contributed by atoms with Crippen molar-refractivity contribution < 1.29 is 4.74 Å². The second-order valence-corrected chi connectivity index (χ2v) is 6.29. The number of benzene rings is 1. The fourth-order valence-electron chi connectivity index (χ4n) is 2.34. The van der Waals surface area contributed by atoms with Gasteiger partial charge < -0.3 is 10.1 Å². The van der Waals surface area contributed by atoms with Crippen LogP contribution in [0, 0.1) is 0 Å². The van der Waals surface area contributed by atoms with E-state index in [9.17, 15) is 0 Å². The first kappa shape index (κ1) is 12.6. The first-order chi connectivity index (χ1) is 9.15. The molecule has 0 spiro atoms. The average Bonchev–Trinajstić information content (AvgIpc) is 3.05. The highest BCUT2D eigenvalue weighted by molar-refractivity contribution is 7.09. The Labute approximate surface area is 117 Å². The molecule has 3 rings (SSSR count). The lowest BCUT2D eigenvalue weighted by Crippen LogP contribution is -2.42. The standard InChI is InChI=1S/C15H18N2OS/c1-15(2,14-16-7-8-19-14)17-10-12-9-11-5-3-4-6-13(11)18-12/h3-8,12,17H,9-10H2,1-2H3. The molecule has 1 N–H and O–H groups in total. The van der Waals surface area contributed by atoms with Crippen LogP contribution in [0.2, 0.25) is 0 Å². The molecule has 1 atom stereocenters. The van der Waals surface area contributed by atoms with E-state index in [1.807, 2.05) is 23.7 Å². The van der Waals surface area contributed by atoms with Crippen LogP contribution in [0.3, 0.4) is 0 Å². The van der Waals surface area contributed by atoms with Gasteiger partial charge in [-0.15, -0.1) is 11.3 Å². The zero-order chi connectivity index (χ0) is 13.3. The molecule has 1 unspecified atom stereocenters. The quantitative estimate of drug-likeness (QED) is 0.930. The maximum atomic E-state index is 5.94. The molecule has 2 aromatic rings. The molecule has 19 heavy (non-hydrogen) atoms. The fourth-order valence-corrected chi connectivity index (χ4v) is 3.08. The Kier molecular flexibility index (Phi) is 3.29. The van der Waals surface area contributed by atoms with Gasteiger partial charge in [-0.25, -0.2) is 4.98 Å². The smallest absolute Gasteiger partial charge is 0.123 e. The third kappa shape index (κ3) is 2.65. The topological polar surface area (TPSA) is 34.1 Å². The fraction of sp³-hybridized carbons (Fsp3) is 0.400. The lowest BCUT2D eigenvalue weighted by atomic mass is 10.1. The first-order valence-electron chi connectivity index (χ1n) is 6.55. The van der Waals surface area contributed by atoms with Gasteiger partial charge in [-0.05, 0) is 25.5 Å². The van der Waals surface area contributed by atoms with Gasteiger partial charge in [-0.3, -0.25) is 0 Å². The molecule has 100 valence electrons. The van der Waals surface area contributed by atoms with Gasteiger partial charge in [-0.2, -0.15) is 0 Å². The maximum absolute atomic E-state index is 5.94. The highest BCUT2D eigenvalue weighted by atomic mass is 32.1. The zero-order valence-electron chi connectivity index (χ0n) is 11.2. The summed E-state index contributed by atoms with van der Waals surface area (Å²) in [5.41, 5.74) is 1.20. The lowest BCUT2D eigenvalue weighted by molar-refractivity contribution is 0.209. The van der Waals surface area contributed by atoms with E-state index in [-0.39, 0.29) is 11.6 Å². The van der Waals surface area contributed by atoms with E-state index >= 15 is 0 Å². The van der Waals surface area contributed by atoms with Crippen LogP contribution in [0.1, 0.15) is 24.4 Å². The van der Waals surface area contributed by atoms with Gasteiger partial charge in [-0.1, -0.05) is 18.2 Å². The third-order valence-electron chi connectivity index (χ3n) is 3.45. The van der Waals surface area contributed by atoms with E-state index in [1.165, 1.54) is 5.56 Å². The summed E-state index contributed by atoms with van der Waals surface area (Å²) < 4.78 is 5.94. The van der Waals surface area contributed by atoms with Crippen molar-refractivity contribution in [1.29, 1.82) is 0 Å². The van der Waals surface area contributed by atoms with Crippen LogP contribution in [0.25, 0.3) is 0 Å². The van der Waals surface area contributed by atoms with Gasteiger partial charge in [0.2, 0.25) is 0 Å². The summed E-state index contributed by atoms with van der Waals surface area (Å²) in [5, 5.41) is 6.69. The minimum atomic E-state index is -0.105. The van der Waals surface area contributed by atoms with Crippen LogP contribution < -0.4 is 10.1 Å². The molecule has 0 aliphatic carbocycles. The molecule has 1 aliphatic heterocycles. The summed E-state index contributed by atoms with van der Waals surface area (Å²) in [6.07, 6.45) is 3.05. The first-order valence-corrected chi connectivity index (χ1v) is 7.43. The molecule has 0 radical (unpaired) electrons. The molecule has 2 heterocycles. The van der Waals surface area contributed by atoms with Gasteiger partial charge in [0.25, 0.3) is 0 Å². The van der Waals surface area contributed by atoms with Gasteiger partial charge in [0.05, 0.1) is 5.54 Å². The minimum Gasteiger partial charge on any atom is -0.488 e. The number of hydrogen-bond donors (Lipinski definition) is 1. The molecule has 3 nitrogen and oxygen atoms in total. The molecule has 4 heteroatoms. The van der Waals surface area contributed by atoms with Gasteiger partial charge in [0.15, 0.2) is 0 Å². The summed E-state index contributed by atoms with van der Waals surface area (Å²) in [6.45, 7) is 5.16. The highest BCUT2D eigenvalue weighted by Crippen LogP contribution is 2.29. The van der Waals surface area contributed by atoms with E-state index in [0.717, 1.165) is 23.7 Å². The molecule has 0 saturated heterocycles. The second kappa shape index (κ2) is 4.94. The third-order valence-corrected chi connectivity index (χ3v) is 4.55. The Morgan fingerprint density at radius 3 is 3.00 bits per heavy atom. The van der Waals surface area contributed by atoms with Crippen LogP contribution in [-0.2, 0) is 12.0 Å². The SMILES string of the molecule is CC(C)(NCC1Cc2ccccc2O1)c1nccs1. The molecule has 1 aromatic carbocycles. The predicted molar refractivity (Wildman–Crippen MR) is 77.7 cm³/mol. The number of fused-ring (bicyclic) bond motifs is 1. The molecule has 0 bridgehead atoms. The Balaban J connectivity index is 1.60. The predicted octanol–water partition coefficient (Wildman–Crippen LogP) is 2.97. The number of thiazole rings is 1. The number of nitrogens with zero attached hydrogens (tertiary/aromatic N) is 1. The van der Waals surface area contributed by atoms with Gasteiger partial charge in [0.1, 0.15) is 16.9 Å². The van der Waals surface area contributed by atoms with Crippen molar-refractivity contribution in [2.75, 3.05) is 6.54 Å². The molecule has 1 aromatic heterocycles. The molecular formula is C15H18N2OS. The zero-order valence-corrected chi connectivity index (χ0v) is 12.0. The van der Waals surface area contributed by atoms with Gasteiger partial charge >= 0.3 is 0 Å². The Morgan fingerprint density at radius 2 is 2.26 bits per heavy atom. The summed E-state index contributed by atoms with van der Waals surface area (Å²) in [4.78, 5) is 4.39. The van der Waals surface area contributed by atoms with Crippen LogP contribution >= 0.6 is 11.3 Å². The molecule has 1 aliphatic rings. The molecule has 0 amide bonds. The van der Waals surface area contributed by atoms with E-state index in [1.54, 1.807) is 11.3 Å². The summed E-state index contributed by atoms with van der Waals surface area (Å²) in [7, 11) is 0. The summed E-state index contributed by atoms with van der Waals surface area (Å²) in [6, 6.07) is 8.27. The number of hydrogen-bond acceptors (Lipinski definition) is 4. The normalized spacial score (nSPS) is 18.1. The number of nitrogens with one attached hydrogen (secondary N) is 1. The highest BCUT2D eigenvalue weighted by Gasteiger charge is 2.27. The van der Waals surface area contributed by atoms with Crippen LogP contribution in [-0.4, -0.2) is 17.6 Å². The molecule has 0 saturated carbocycles. The van der Waals surface area contributed by atoms with Crippen LogP contribution in [0.15, 0.2) is 35.8 Å². The molecular weight excluding hydrogens is 256 g/mol. The van der Waals surface area contributed by atoms with Crippen molar-refractivity contribution in [2.24, 2.45) is 0 Å². The van der Waals surface area contributed by atoms with Crippen molar-refractivity contribution in [3.05, 3.63) is 46.4 Å². The number of rotatable bonds is 4. The lowest BCUT2D eigenvalue weighted by Gasteiger charge is -2.25. The summed E-state index contributed by atoms with van der Waals surface area (Å²) in [5.74, 6) is 1.03. The van der Waals surface area contributed by atoms with E-state index in [2.05, 4.69) is 36.3 Å². The average molecular weight is 274 g/mol. The Morgan fingerprint density at radius 1 is 1.42 bits per heavy atom. The monoisotopic (exact) mass is 274 g/mol. The van der Waals surface area contributed by atoms with E-state index < -0.39 is 0 Å².